The van der Waals surface area contributed by atoms with Gasteiger partial charge in [-0.1, -0.05) is 32.0 Å². The van der Waals surface area contributed by atoms with Crippen molar-refractivity contribution in [2.75, 3.05) is 0 Å². The smallest absolute Gasteiger partial charge is 0.404 e. The number of rotatable bonds is 3. The molecule has 0 radical (unpaired) electrons. The molecular weight excluding hydrogens is 292 g/mol. The van der Waals surface area contributed by atoms with E-state index < -0.39 is 7.12 Å². The Balaban J connectivity index is 1.49. The minimum Gasteiger partial charge on any atom is -0.404 e. The molecule has 5 rings (SSSR count). The van der Waals surface area contributed by atoms with Crippen LogP contribution in [0.3, 0.4) is 0 Å². The molecular formula is C18H25BFNO2. The summed E-state index contributed by atoms with van der Waals surface area (Å²) < 4.78 is 26.4. The van der Waals surface area contributed by atoms with E-state index in [4.69, 9.17) is 15.0 Å². The number of hydrogen-bond donors (Lipinski definition) is 1. The fourth-order valence-electron chi connectivity index (χ4n) is 5.10. The monoisotopic (exact) mass is 317 g/mol. The van der Waals surface area contributed by atoms with Crippen LogP contribution in [-0.4, -0.2) is 24.8 Å². The first-order valence-electron chi connectivity index (χ1n) is 8.64. The highest BCUT2D eigenvalue weighted by Crippen LogP contribution is 2.65. The molecule has 1 saturated heterocycles. The Morgan fingerprint density at radius 2 is 2.04 bits per heavy atom. The van der Waals surface area contributed by atoms with E-state index in [9.17, 15) is 4.39 Å². The van der Waals surface area contributed by atoms with Crippen LogP contribution >= 0.6 is 0 Å². The average molecular weight is 317 g/mol. The zero-order valence-corrected chi connectivity index (χ0v) is 14.1. The van der Waals surface area contributed by atoms with E-state index in [1.54, 1.807) is 12.1 Å². The van der Waals surface area contributed by atoms with Crippen molar-refractivity contribution in [3.63, 3.8) is 0 Å². The zero-order valence-electron chi connectivity index (χ0n) is 14.1. The Hall–Kier alpha value is -0.905. The van der Waals surface area contributed by atoms with Crippen molar-refractivity contribution in [1.82, 2.24) is 0 Å². The molecule has 4 unspecified atom stereocenters. The molecule has 2 bridgehead atoms. The summed E-state index contributed by atoms with van der Waals surface area (Å²) in [7, 11) is -0.445. The molecule has 1 aliphatic heterocycles. The third-order valence-corrected chi connectivity index (χ3v) is 6.73. The molecule has 3 saturated carbocycles. The van der Waals surface area contributed by atoms with Gasteiger partial charge in [0.05, 0.1) is 11.7 Å². The third-order valence-electron chi connectivity index (χ3n) is 6.73. The summed E-state index contributed by atoms with van der Waals surface area (Å²) in [5.74, 6) is 0.669. The molecule has 1 aromatic carbocycles. The summed E-state index contributed by atoms with van der Waals surface area (Å²) in [5.41, 5.74) is 6.99. The maximum Gasteiger partial charge on any atom is 0.475 e. The molecule has 4 fully saturated rings. The van der Waals surface area contributed by atoms with Gasteiger partial charge in [0.2, 0.25) is 0 Å². The van der Waals surface area contributed by atoms with Crippen LogP contribution in [0.2, 0.25) is 0 Å². The number of hydrogen-bond acceptors (Lipinski definition) is 3. The fourth-order valence-corrected chi connectivity index (χ4v) is 5.10. The Bertz CT molecular complexity index is 625. The van der Waals surface area contributed by atoms with Crippen molar-refractivity contribution < 1.29 is 13.7 Å². The molecule has 3 aliphatic carbocycles. The van der Waals surface area contributed by atoms with Gasteiger partial charge in [0.1, 0.15) is 5.82 Å². The molecule has 124 valence electrons. The summed E-state index contributed by atoms with van der Waals surface area (Å²) in [4.78, 5) is 0. The molecule has 1 heterocycles. The van der Waals surface area contributed by atoms with E-state index in [-0.39, 0.29) is 23.5 Å². The van der Waals surface area contributed by atoms with Gasteiger partial charge in [-0.2, -0.15) is 0 Å². The Labute approximate surface area is 137 Å². The first-order valence-corrected chi connectivity index (χ1v) is 8.64. The van der Waals surface area contributed by atoms with E-state index in [0.29, 0.717) is 23.3 Å². The van der Waals surface area contributed by atoms with Crippen LogP contribution in [-0.2, 0) is 15.7 Å². The molecule has 5 heteroatoms. The Morgan fingerprint density at radius 1 is 1.30 bits per heavy atom. The topological polar surface area (TPSA) is 44.5 Å². The van der Waals surface area contributed by atoms with Crippen molar-refractivity contribution in [2.24, 2.45) is 23.0 Å². The van der Waals surface area contributed by atoms with Gasteiger partial charge in [0.25, 0.3) is 0 Å². The lowest BCUT2D eigenvalue weighted by Gasteiger charge is -2.64. The summed E-state index contributed by atoms with van der Waals surface area (Å²) in [5, 5.41) is 0. The summed E-state index contributed by atoms with van der Waals surface area (Å²) in [6, 6.07) is 6.77. The van der Waals surface area contributed by atoms with Crippen LogP contribution in [0, 0.1) is 23.1 Å². The molecule has 1 aromatic rings. The largest absolute Gasteiger partial charge is 0.475 e. The maximum atomic E-state index is 13.8. The second-order valence-corrected chi connectivity index (χ2v) is 8.30. The molecule has 0 spiro atoms. The lowest BCUT2D eigenvalue weighted by Crippen LogP contribution is -2.65. The number of benzene rings is 1. The molecule has 3 nitrogen and oxygen atoms in total. The maximum absolute atomic E-state index is 13.8. The van der Waals surface area contributed by atoms with Crippen LogP contribution in [0.4, 0.5) is 4.39 Å². The quantitative estimate of drug-likeness (QED) is 0.872. The fraction of sp³-hybridized carbons (Fsp3) is 0.667. The summed E-state index contributed by atoms with van der Waals surface area (Å²) in [6.07, 6.45) is 2.81. The van der Waals surface area contributed by atoms with Crippen LogP contribution < -0.4 is 5.73 Å². The van der Waals surface area contributed by atoms with Gasteiger partial charge in [-0.3, -0.25) is 0 Å². The molecule has 23 heavy (non-hydrogen) atoms. The minimum atomic E-state index is -0.445. The van der Waals surface area contributed by atoms with Gasteiger partial charge >= 0.3 is 7.12 Å². The van der Waals surface area contributed by atoms with Crippen LogP contribution in [0.25, 0.3) is 0 Å². The number of nitrogens with two attached hydrogens (primary N) is 1. The third kappa shape index (κ3) is 2.20. The molecule has 0 amide bonds. The Morgan fingerprint density at radius 3 is 2.74 bits per heavy atom. The predicted octanol–water partition coefficient (Wildman–Crippen LogP) is 2.96. The van der Waals surface area contributed by atoms with E-state index in [1.807, 2.05) is 6.07 Å². The molecule has 5 atom stereocenters. The van der Waals surface area contributed by atoms with Gasteiger partial charge in [-0.15, -0.1) is 0 Å². The van der Waals surface area contributed by atoms with Crippen molar-refractivity contribution in [3.05, 3.63) is 35.6 Å². The second-order valence-electron chi connectivity index (χ2n) is 8.30. The first kappa shape index (κ1) is 15.6. The lowest BCUT2D eigenvalue weighted by atomic mass is 9.43. The van der Waals surface area contributed by atoms with Crippen LogP contribution in [0.5, 0.6) is 0 Å². The molecule has 0 aromatic heterocycles. The van der Waals surface area contributed by atoms with Crippen molar-refractivity contribution in [2.45, 2.75) is 57.7 Å². The van der Waals surface area contributed by atoms with Gasteiger partial charge in [-0.05, 0) is 55.1 Å². The predicted molar refractivity (Wildman–Crippen MR) is 88.2 cm³/mol. The standard InChI is InChI=1S/C18H25BFNO2/c1-17(2)12-9-14(17)18(3)15(10-12)22-19(23-18)16(21)8-11-6-4-5-7-13(11)20/h4-7,12,14-16H,8-10,21H2,1-3H3/t12?,14?,15?,16-,18?/m0/s1. The van der Waals surface area contributed by atoms with Crippen molar-refractivity contribution in [3.8, 4) is 0 Å². The second kappa shape index (κ2) is 5.04. The van der Waals surface area contributed by atoms with Gasteiger partial charge in [0.15, 0.2) is 0 Å². The van der Waals surface area contributed by atoms with Gasteiger partial charge < -0.3 is 15.0 Å². The van der Waals surface area contributed by atoms with Gasteiger partial charge in [0, 0.05) is 5.94 Å². The Kier molecular flexibility index (Phi) is 3.42. The number of halogens is 1. The first-order chi connectivity index (χ1) is 10.8. The van der Waals surface area contributed by atoms with E-state index in [2.05, 4.69) is 20.8 Å². The van der Waals surface area contributed by atoms with Gasteiger partial charge in [-0.25, -0.2) is 4.39 Å². The summed E-state index contributed by atoms with van der Waals surface area (Å²) in [6.45, 7) is 6.85. The van der Waals surface area contributed by atoms with Crippen LogP contribution in [0.1, 0.15) is 39.2 Å². The molecule has 4 aliphatic rings. The van der Waals surface area contributed by atoms with Crippen LogP contribution in [0.15, 0.2) is 24.3 Å². The highest BCUT2D eigenvalue weighted by molar-refractivity contribution is 6.47. The van der Waals surface area contributed by atoms with E-state index >= 15 is 0 Å². The van der Waals surface area contributed by atoms with E-state index in [1.165, 1.54) is 12.5 Å². The minimum absolute atomic E-state index is 0.121. The molecule has 2 N–H and O–H groups in total. The van der Waals surface area contributed by atoms with Crippen molar-refractivity contribution in [1.29, 1.82) is 0 Å². The lowest BCUT2D eigenvalue weighted by molar-refractivity contribution is -0.199. The zero-order chi connectivity index (χ0) is 16.4. The van der Waals surface area contributed by atoms with E-state index in [0.717, 1.165) is 12.3 Å². The SMILES string of the molecule is CC1(C)C2CC3OB([C@@H](N)Cc4ccccc4F)OC3(C)C1C2. The average Bonchev–Trinajstić information content (AvgIpc) is 2.86. The normalized spacial score (nSPS) is 38.8. The highest BCUT2D eigenvalue weighted by atomic mass is 19.1. The highest BCUT2D eigenvalue weighted by Gasteiger charge is 2.68. The summed E-state index contributed by atoms with van der Waals surface area (Å²) >= 11 is 0. The van der Waals surface area contributed by atoms with Crippen molar-refractivity contribution >= 4 is 7.12 Å².